The summed E-state index contributed by atoms with van der Waals surface area (Å²) in [5.74, 6) is 0.367. The molecule has 0 aromatic rings. The summed E-state index contributed by atoms with van der Waals surface area (Å²) < 4.78 is 5.91. The fourth-order valence-corrected chi connectivity index (χ4v) is 6.12. The number of esters is 1. The maximum atomic E-state index is 12.8. The van der Waals surface area contributed by atoms with Crippen LogP contribution in [0.4, 0.5) is 0 Å². The third kappa shape index (κ3) is 2.46. The lowest BCUT2D eigenvalue weighted by molar-refractivity contribution is -0.218. The third-order valence-electron chi connectivity index (χ3n) is 6.50. The Morgan fingerprint density at radius 2 is 1.46 bits per heavy atom. The minimum atomic E-state index is -0.662. The highest BCUT2D eigenvalue weighted by atomic mass is 16.6. The third-order valence-corrected chi connectivity index (χ3v) is 6.50. The average Bonchev–Trinajstić information content (AvgIpc) is 2.51. The van der Waals surface area contributed by atoms with Crippen molar-refractivity contribution in [2.75, 3.05) is 0 Å². The Hall–Kier alpha value is -1.45. The highest BCUT2D eigenvalue weighted by molar-refractivity contribution is 5.91. The molecule has 4 fully saturated rings. The summed E-state index contributed by atoms with van der Waals surface area (Å²) in [6.07, 6.45) is 5.27. The van der Waals surface area contributed by atoms with Gasteiger partial charge in [0.05, 0.1) is 0 Å². The molecule has 4 heteroatoms. The van der Waals surface area contributed by atoms with Crippen LogP contribution in [-0.2, 0) is 19.1 Å². The number of ether oxygens (including phenoxy) is 1. The van der Waals surface area contributed by atoms with E-state index in [1.807, 2.05) is 13.8 Å². The summed E-state index contributed by atoms with van der Waals surface area (Å²) in [5, 5.41) is 0. The van der Waals surface area contributed by atoms with E-state index in [0.717, 1.165) is 19.3 Å². The van der Waals surface area contributed by atoms with Gasteiger partial charge in [0.15, 0.2) is 0 Å². The van der Waals surface area contributed by atoms with Crippen LogP contribution in [0.15, 0.2) is 12.2 Å². The zero-order valence-corrected chi connectivity index (χ0v) is 15.1. The minimum Gasteiger partial charge on any atom is -0.456 e. The lowest BCUT2D eigenvalue weighted by atomic mass is 9.40. The van der Waals surface area contributed by atoms with Gasteiger partial charge in [-0.1, -0.05) is 20.4 Å². The summed E-state index contributed by atoms with van der Waals surface area (Å²) in [6, 6.07) is 0. The topological polar surface area (TPSA) is 60.4 Å². The molecule has 4 rings (SSSR count). The van der Waals surface area contributed by atoms with Gasteiger partial charge in [-0.2, -0.15) is 0 Å². The molecule has 4 bridgehead atoms. The van der Waals surface area contributed by atoms with E-state index in [4.69, 9.17) is 4.74 Å². The molecule has 24 heavy (non-hydrogen) atoms. The van der Waals surface area contributed by atoms with E-state index >= 15 is 0 Å². The second kappa shape index (κ2) is 5.53. The summed E-state index contributed by atoms with van der Waals surface area (Å²) >= 11 is 0. The zero-order chi connectivity index (χ0) is 17.8. The number of Topliss-reactive ketones (excluding diaryl/α,β-unsaturated/α-hetero) is 2. The van der Waals surface area contributed by atoms with Crippen LogP contribution in [0.5, 0.6) is 0 Å². The normalized spacial score (nSPS) is 39.5. The van der Waals surface area contributed by atoms with Crippen LogP contribution in [0.1, 0.15) is 72.1 Å². The molecule has 0 N–H and O–H groups in total. The lowest BCUT2D eigenvalue weighted by Gasteiger charge is -2.64. The van der Waals surface area contributed by atoms with Gasteiger partial charge in [0.2, 0.25) is 0 Å². The Morgan fingerprint density at radius 3 is 1.88 bits per heavy atom. The molecule has 0 aliphatic heterocycles. The van der Waals surface area contributed by atoms with Crippen LogP contribution in [0.2, 0.25) is 0 Å². The van der Waals surface area contributed by atoms with Gasteiger partial charge in [0, 0.05) is 29.2 Å². The maximum absolute atomic E-state index is 12.8. The van der Waals surface area contributed by atoms with Crippen molar-refractivity contribution in [1.82, 2.24) is 0 Å². The van der Waals surface area contributed by atoms with E-state index in [9.17, 15) is 14.4 Å². The molecule has 132 valence electrons. The van der Waals surface area contributed by atoms with Crippen LogP contribution in [-0.4, -0.2) is 23.1 Å². The van der Waals surface area contributed by atoms with E-state index in [1.165, 1.54) is 0 Å². The summed E-state index contributed by atoms with van der Waals surface area (Å²) in [6.45, 7) is 9.11. The number of hydrogen-bond donors (Lipinski definition) is 0. The molecule has 0 spiro atoms. The van der Waals surface area contributed by atoms with E-state index in [0.29, 0.717) is 43.6 Å². The molecular weight excluding hydrogens is 304 g/mol. The highest BCUT2D eigenvalue weighted by Crippen LogP contribution is 2.68. The molecule has 4 aliphatic carbocycles. The van der Waals surface area contributed by atoms with E-state index < -0.39 is 22.4 Å². The van der Waals surface area contributed by atoms with Gasteiger partial charge >= 0.3 is 5.97 Å². The molecular formula is C20H28O4. The SMILES string of the molecule is C=C(C)C(=O)OC12CC3CC(C(=O)CC)(C1)CC(C(=O)CC)(C3)C2. The van der Waals surface area contributed by atoms with Crippen LogP contribution < -0.4 is 0 Å². The fraction of sp³-hybridized carbons (Fsp3) is 0.750. The Bertz CT molecular complexity index is 585. The van der Waals surface area contributed by atoms with Crippen molar-refractivity contribution in [3.05, 3.63) is 12.2 Å². The van der Waals surface area contributed by atoms with Gasteiger partial charge in [-0.15, -0.1) is 0 Å². The predicted molar refractivity (Wildman–Crippen MR) is 90.3 cm³/mol. The van der Waals surface area contributed by atoms with Crippen LogP contribution in [0, 0.1) is 16.7 Å². The first-order chi connectivity index (χ1) is 11.2. The van der Waals surface area contributed by atoms with Gasteiger partial charge in [-0.3, -0.25) is 9.59 Å². The van der Waals surface area contributed by atoms with E-state index in [1.54, 1.807) is 6.92 Å². The van der Waals surface area contributed by atoms with Crippen molar-refractivity contribution in [2.24, 2.45) is 16.7 Å². The average molecular weight is 332 g/mol. The van der Waals surface area contributed by atoms with Gasteiger partial charge in [-0.05, 0) is 51.4 Å². The van der Waals surface area contributed by atoms with E-state index in [-0.39, 0.29) is 11.6 Å². The molecule has 2 atom stereocenters. The van der Waals surface area contributed by atoms with Crippen molar-refractivity contribution in [3.63, 3.8) is 0 Å². The van der Waals surface area contributed by atoms with Crippen LogP contribution in [0.25, 0.3) is 0 Å². The lowest BCUT2D eigenvalue weighted by Crippen LogP contribution is -2.65. The molecule has 0 radical (unpaired) electrons. The van der Waals surface area contributed by atoms with E-state index in [2.05, 4.69) is 6.58 Å². The van der Waals surface area contributed by atoms with Gasteiger partial charge in [-0.25, -0.2) is 4.79 Å². The molecule has 0 saturated heterocycles. The zero-order valence-electron chi connectivity index (χ0n) is 15.1. The second-order valence-corrected chi connectivity index (χ2v) is 8.48. The van der Waals surface area contributed by atoms with Crippen LogP contribution in [0.3, 0.4) is 0 Å². The standard InChI is InChI=1S/C20H28O4/c1-5-15(21)18-7-14-8-19(10-18,16(22)6-2)12-20(9-14,11-18)24-17(23)13(3)4/h14H,3,5-12H2,1-2,4H3. The molecule has 0 aromatic heterocycles. The van der Waals surface area contributed by atoms with Crippen molar-refractivity contribution in [2.45, 2.75) is 77.7 Å². The van der Waals surface area contributed by atoms with Gasteiger partial charge in [0.25, 0.3) is 0 Å². The maximum Gasteiger partial charge on any atom is 0.333 e. The van der Waals surface area contributed by atoms with Crippen molar-refractivity contribution < 1.29 is 19.1 Å². The molecule has 4 nitrogen and oxygen atoms in total. The molecule has 0 amide bonds. The Morgan fingerprint density at radius 1 is 0.958 bits per heavy atom. The quantitative estimate of drug-likeness (QED) is 0.549. The van der Waals surface area contributed by atoms with Crippen molar-refractivity contribution in [3.8, 4) is 0 Å². The first-order valence-electron chi connectivity index (χ1n) is 9.15. The second-order valence-electron chi connectivity index (χ2n) is 8.48. The van der Waals surface area contributed by atoms with Crippen molar-refractivity contribution in [1.29, 1.82) is 0 Å². The molecule has 0 heterocycles. The predicted octanol–water partition coefficient (Wildman–Crippen LogP) is 3.77. The number of carbonyl (C=O) groups excluding carboxylic acids is 3. The Balaban J connectivity index is 2.03. The first-order valence-corrected chi connectivity index (χ1v) is 9.15. The number of ketones is 2. The highest BCUT2D eigenvalue weighted by Gasteiger charge is 2.68. The Kier molecular flexibility index (Phi) is 4.01. The number of rotatable bonds is 6. The number of carbonyl (C=O) groups is 3. The molecule has 4 saturated carbocycles. The Labute approximate surface area is 144 Å². The number of hydrogen-bond acceptors (Lipinski definition) is 4. The van der Waals surface area contributed by atoms with Crippen molar-refractivity contribution >= 4 is 17.5 Å². The monoisotopic (exact) mass is 332 g/mol. The van der Waals surface area contributed by atoms with Gasteiger partial charge in [0.1, 0.15) is 17.2 Å². The van der Waals surface area contributed by atoms with Crippen LogP contribution >= 0.6 is 0 Å². The molecule has 4 aliphatic rings. The van der Waals surface area contributed by atoms with Gasteiger partial charge < -0.3 is 4.74 Å². The summed E-state index contributed by atoms with van der Waals surface area (Å²) in [7, 11) is 0. The summed E-state index contributed by atoms with van der Waals surface area (Å²) in [4.78, 5) is 37.8. The largest absolute Gasteiger partial charge is 0.456 e. The molecule has 0 aromatic carbocycles. The minimum absolute atomic E-state index is 0.232. The smallest absolute Gasteiger partial charge is 0.333 e. The summed E-state index contributed by atoms with van der Waals surface area (Å²) in [5.41, 5.74) is -1.24. The fourth-order valence-electron chi connectivity index (χ4n) is 6.12. The molecule has 2 unspecified atom stereocenters. The first kappa shape index (κ1) is 17.4.